The molecule has 1 saturated heterocycles. The van der Waals surface area contributed by atoms with E-state index in [1.807, 2.05) is 30.3 Å². The third kappa shape index (κ3) is 5.18. The number of carbonyl (C=O) groups is 2. The molecule has 3 rings (SSSR count). The van der Waals surface area contributed by atoms with Crippen molar-refractivity contribution in [3.05, 3.63) is 71.8 Å². The summed E-state index contributed by atoms with van der Waals surface area (Å²) in [6, 6.07) is 16.6. The van der Waals surface area contributed by atoms with Crippen molar-refractivity contribution >= 4 is 11.9 Å². The Morgan fingerprint density at radius 3 is 2.13 bits per heavy atom. The third-order valence-corrected chi connectivity index (χ3v) is 4.88. The van der Waals surface area contributed by atoms with E-state index in [9.17, 15) is 22.8 Å². The largest absolute Gasteiger partial charge is 0.401 e. The molecule has 3 amide bonds. The highest BCUT2D eigenvalue weighted by atomic mass is 19.4. The molecule has 0 radical (unpaired) electrons. The second-order valence-corrected chi connectivity index (χ2v) is 7.28. The number of urea groups is 1. The van der Waals surface area contributed by atoms with Crippen molar-refractivity contribution < 1.29 is 22.8 Å². The standard InChI is InChI=1S/C22H24F3N3O2/c1-2-13-26(15-22(23,24)25)16-28-20(29)19(18-11-7-4-8-12-18)27(21(28)30)14-17-9-5-3-6-10-17/h3-12,19H,2,13-16H2,1H3. The Morgan fingerprint density at radius 2 is 1.57 bits per heavy atom. The molecule has 0 spiro atoms. The van der Waals surface area contributed by atoms with Crippen molar-refractivity contribution in [3.63, 3.8) is 0 Å². The van der Waals surface area contributed by atoms with Crippen molar-refractivity contribution in [2.75, 3.05) is 19.8 Å². The summed E-state index contributed by atoms with van der Waals surface area (Å²) in [6.45, 7) is 0.511. The van der Waals surface area contributed by atoms with Crippen molar-refractivity contribution in [2.45, 2.75) is 32.1 Å². The monoisotopic (exact) mass is 419 g/mol. The van der Waals surface area contributed by atoms with Crippen LogP contribution >= 0.6 is 0 Å². The van der Waals surface area contributed by atoms with E-state index in [2.05, 4.69) is 0 Å². The van der Waals surface area contributed by atoms with Crippen LogP contribution in [-0.2, 0) is 11.3 Å². The number of hydrogen-bond donors (Lipinski definition) is 0. The first-order chi connectivity index (χ1) is 14.3. The maximum Gasteiger partial charge on any atom is 0.401 e. The summed E-state index contributed by atoms with van der Waals surface area (Å²) in [6.07, 6.45) is -3.94. The number of hydrogen-bond acceptors (Lipinski definition) is 3. The number of imide groups is 1. The molecule has 1 aliphatic heterocycles. The lowest BCUT2D eigenvalue weighted by Crippen LogP contribution is -2.45. The molecular formula is C22H24F3N3O2. The van der Waals surface area contributed by atoms with Crippen molar-refractivity contribution in [2.24, 2.45) is 0 Å². The van der Waals surface area contributed by atoms with Crippen LogP contribution in [0.3, 0.4) is 0 Å². The van der Waals surface area contributed by atoms with Gasteiger partial charge < -0.3 is 4.90 Å². The molecule has 5 nitrogen and oxygen atoms in total. The quantitative estimate of drug-likeness (QED) is 0.595. The molecule has 1 atom stereocenters. The second kappa shape index (κ2) is 9.30. The van der Waals surface area contributed by atoms with Crippen LogP contribution in [0.25, 0.3) is 0 Å². The molecular weight excluding hydrogens is 395 g/mol. The molecule has 0 N–H and O–H groups in total. The average molecular weight is 419 g/mol. The number of benzene rings is 2. The van der Waals surface area contributed by atoms with Crippen LogP contribution in [0.15, 0.2) is 60.7 Å². The normalized spacial score (nSPS) is 17.3. The Bertz CT molecular complexity index is 859. The Hall–Kier alpha value is -2.87. The highest BCUT2D eigenvalue weighted by molar-refractivity contribution is 6.04. The van der Waals surface area contributed by atoms with Gasteiger partial charge in [-0.25, -0.2) is 9.69 Å². The van der Waals surface area contributed by atoms with Gasteiger partial charge in [0.1, 0.15) is 6.04 Å². The number of amides is 3. The minimum atomic E-state index is -4.41. The molecule has 0 bridgehead atoms. The van der Waals surface area contributed by atoms with E-state index in [-0.39, 0.29) is 19.8 Å². The molecule has 30 heavy (non-hydrogen) atoms. The van der Waals surface area contributed by atoms with E-state index >= 15 is 0 Å². The number of halogens is 3. The van der Waals surface area contributed by atoms with Gasteiger partial charge in [-0.05, 0) is 24.1 Å². The lowest BCUT2D eigenvalue weighted by atomic mass is 10.1. The van der Waals surface area contributed by atoms with Crippen LogP contribution in [-0.4, -0.2) is 52.6 Å². The van der Waals surface area contributed by atoms with E-state index in [4.69, 9.17) is 0 Å². The van der Waals surface area contributed by atoms with Crippen LogP contribution in [0.1, 0.15) is 30.5 Å². The maximum absolute atomic E-state index is 13.2. The first-order valence-corrected chi connectivity index (χ1v) is 9.80. The molecule has 1 fully saturated rings. The molecule has 2 aromatic rings. The maximum atomic E-state index is 13.2. The van der Waals surface area contributed by atoms with Gasteiger partial charge in [0.05, 0.1) is 13.2 Å². The fourth-order valence-corrected chi connectivity index (χ4v) is 3.64. The van der Waals surface area contributed by atoms with Gasteiger partial charge >= 0.3 is 12.2 Å². The highest BCUT2D eigenvalue weighted by Crippen LogP contribution is 2.33. The minimum Gasteiger partial charge on any atom is -0.304 e. The lowest BCUT2D eigenvalue weighted by molar-refractivity contribution is -0.152. The summed E-state index contributed by atoms with van der Waals surface area (Å²) in [5.74, 6) is -0.509. The molecule has 160 valence electrons. The SMILES string of the molecule is CCCN(CN1C(=O)C(c2ccccc2)N(Cc2ccccc2)C1=O)CC(F)(F)F. The predicted octanol–water partition coefficient (Wildman–Crippen LogP) is 4.42. The Balaban J connectivity index is 1.89. The van der Waals surface area contributed by atoms with Gasteiger partial charge in [-0.3, -0.25) is 9.69 Å². The van der Waals surface area contributed by atoms with E-state index in [1.54, 1.807) is 37.3 Å². The summed E-state index contributed by atoms with van der Waals surface area (Å²) in [5, 5.41) is 0. The second-order valence-electron chi connectivity index (χ2n) is 7.28. The number of carbonyl (C=O) groups excluding carboxylic acids is 2. The topological polar surface area (TPSA) is 43.9 Å². The zero-order valence-electron chi connectivity index (χ0n) is 16.7. The Kier molecular flexibility index (Phi) is 6.77. The summed E-state index contributed by atoms with van der Waals surface area (Å²) in [5.41, 5.74) is 1.47. The van der Waals surface area contributed by atoms with Gasteiger partial charge in [0.25, 0.3) is 5.91 Å². The van der Waals surface area contributed by atoms with E-state index in [0.717, 1.165) is 15.4 Å². The zero-order valence-corrected chi connectivity index (χ0v) is 16.7. The first-order valence-electron chi connectivity index (χ1n) is 9.80. The third-order valence-electron chi connectivity index (χ3n) is 4.88. The summed E-state index contributed by atoms with van der Waals surface area (Å²) in [7, 11) is 0. The van der Waals surface area contributed by atoms with Gasteiger partial charge in [0.2, 0.25) is 0 Å². The summed E-state index contributed by atoms with van der Waals surface area (Å²) in [4.78, 5) is 29.8. The molecule has 8 heteroatoms. The van der Waals surface area contributed by atoms with Crippen LogP contribution in [0.2, 0.25) is 0 Å². The Labute approximate surface area is 173 Å². The number of rotatable bonds is 8. The fourth-order valence-electron chi connectivity index (χ4n) is 3.64. The van der Waals surface area contributed by atoms with Crippen molar-refractivity contribution in [3.8, 4) is 0 Å². The van der Waals surface area contributed by atoms with Gasteiger partial charge in [-0.1, -0.05) is 67.6 Å². The van der Waals surface area contributed by atoms with Crippen LogP contribution in [0.4, 0.5) is 18.0 Å². The molecule has 0 aliphatic carbocycles. The zero-order chi connectivity index (χ0) is 21.7. The van der Waals surface area contributed by atoms with Gasteiger partial charge in [0.15, 0.2) is 0 Å². The van der Waals surface area contributed by atoms with Crippen molar-refractivity contribution in [1.82, 2.24) is 14.7 Å². The molecule has 1 heterocycles. The Morgan fingerprint density at radius 1 is 0.967 bits per heavy atom. The molecule has 0 aromatic heterocycles. The number of alkyl halides is 3. The first kappa shape index (κ1) is 21.8. The van der Waals surface area contributed by atoms with Gasteiger partial charge in [-0.2, -0.15) is 13.2 Å². The molecule has 1 aliphatic rings. The van der Waals surface area contributed by atoms with E-state index in [0.29, 0.717) is 12.0 Å². The molecule has 2 aromatic carbocycles. The fraction of sp³-hybridized carbons (Fsp3) is 0.364. The predicted molar refractivity (Wildman–Crippen MR) is 106 cm³/mol. The van der Waals surface area contributed by atoms with Gasteiger partial charge in [0, 0.05) is 6.54 Å². The molecule has 0 saturated carbocycles. The average Bonchev–Trinajstić information content (AvgIpc) is 2.93. The van der Waals surface area contributed by atoms with Crippen molar-refractivity contribution in [1.29, 1.82) is 0 Å². The van der Waals surface area contributed by atoms with E-state index in [1.165, 1.54) is 4.90 Å². The smallest absolute Gasteiger partial charge is 0.304 e. The molecule has 1 unspecified atom stereocenters. The highest BCUT2D eigenvalue weighted by Gasteiger charge is 2.46. The number of nitrogens with zero attached hydrogens (tertiary/aromatic N) is 3. The van der Waals surface area contributed by atoms with Crippen LogP contribution in [0, 0.1) is 0 Å². The minimum absolute atomic E-state index is 0.130. The lowest BCUT2D eigenvalue weighted by Gasteiger charge is -2.27. The van der Waals surface area contributed by atoms with Gasteiger partial charge in [-0.15, -0.1) is 0 Å². The summed E-state index contributed by atoms with van der Waals surface area (Å²) >= 11 is 0. The van der Waals surface area contributed by atoms with Crippen LogP contribution < -0.4 is 0 Å². The van der Waals surface area contributed by atoms with Crippen LogP contribution in [0.5, 0.6) is 0 Å². The summed E-state index contributed by atoms with van der Waals surface area (Å²) < 4.78 is 38.9. The van der Waals surface area contributed by atoms with E-state index < -0.39 is 30.7 Å².